The van der Waals surface area contributed by atoms with Crippen LogP contribution in [0.15, 0.2) is 40.6 Å². The lowest BCUT2D eigenvalue weighted by Gasteiger charge is -2.24. The molecule has 0 radical (unpaired) electrons. The third-order valence-electron chi connectivity index (χ3n) is 4.34. The molecule has 1 aromatic rings. The van der Waals surface area contributed by atoms with E-state index in [1.807, 2.05) is 61.0 Å². The highest BCUT2D eigenvalue weighted by atomic mass is 32.2. The number of carbonyl (C=O) groups is 3. The van der Waals surface area contributed by atoms with E-state index in [0.29, 0.717) is 24.7 Å². The Balaban J connectivity index is 0.000000958. The number of benzene rings is 1. The molecular formula is C24H39N5O6S3. The van der Waals surface area contributed by atoms with Gasteiger partial charge in [0, 0.05) is 44.1 Å². The van der Waals surface area contributed by atoms with Gasteiger partial charge in [-0.3, -0.25) is 14.5 Å². The lowest BCUT2D eigenvalue weighted by atomic mass is 10.2. The molecule has 0 spiro atoms. The van der Waals surface area contributed by atoms with Crippen molar-refractivity contribution in [2.75, 3.05) is 39.8 Å². The topological polar surface area (TPSA) is 122 Å². The first-order valence-corrected chi connectivity index (χ1v) is 14.8. The molecule has 0 saturated heterocycles. The third kappa shape index (κ3) is 17.9. The molecule has 1 rings (SSSR count). The van der Waals surface area contributed by atoms with E-state index in [1.54, 1.807) is 38.9 Å². The molecule has 38 heavy (non-hydrogen) atoms. The molecule has 0 heterocycles. The van der Waals surface area contributed by atoms with Crippen LogP contribution < -0.4 is 5.32 Å². The van der Waals surface area contributed by atoms with Crippen LogP contribution in [0.25, 0.3) is 0 Å². The van der Waals surface area contributed by atoms with E-state index in [4.69, 9.17) is 9.57 Å². The highest BCUT2D eigenvalue weighted by Gasteiger charge is 2.18. The molecule has 0 aliphatic rings. The monoisotopic (exact) mass is 589 g/mol. The number of carbonyl (C=O) groups excluding carboxylic acids is 3. The Kier molecular flexibility index (Phi) is 19.2. The number of hydrogen-bond acceptors (Lipinski definition) is 12. The zero-order valence-corrected chi connectivity index (χ0v) is 25.7. The first-order chi connectivity index (χ1) is 18.0. The van der Waals surface area contributed by atoms with Crippen molar-refractivity contribution < 1.29 is 28.8 Å². The number of amides is 2. The summed E-state index contributed by atoms with van der Waals surface area (Å²) in [6.45, 7) is 8.84. The predicted octanol–water partition coefficient (Wildman–Crippen LogP) is 5.24. The first-order valence-electron chi connectivity index (χ1n) is 11.6. The Morgan fingerprint density at radius 1 is 1.13 bits per heavy atom. The van der Waals surface area contributed by atoms with Gasteiger partial charge in [0.05, 0.1) is 19.2 Å². The van der Waals surface area contributed by atoms with Gasteiger partial charge >= 0.3 is 18.2 Å². The maximum Gasteiger partial charge on any atom is 0.446 e. The summed E-state index contributed by atoms with van der Waals surface area (Å²) in [5.41, 5.74) is 1.07. The van der Waals surface area contributed by atoms with Crippen LogP contribution in [-0.2, 0) is 25.8 Å². The molecule has 0 atom stereocenters. The molecule has 11 nitrogen and oxygen atoms in total. The fourth-order valence-corrected chi connectivity index (χ4v) is 3.18. The Morgan fingerprint density at radius 3 is 2.34 bits per heavy atom. The quantitative estimate of drug-likeness (QED) is 0.0865. The van der Waals surface area contributed by atoms with E-state index in [1.165, 1.54) is 35.2 Å². The summed E-state index contributed by atoms with van der Waals surface area (Å²) >= 11 is 4.20. The molecule has 0 fully saturated rings. The molecule has 0 aromatic heterocycles. The lowest BCUT2D eigenvalue weighted by molar-refractivity contribution is -0.143. The van der Waals surface area contributed by atoms with Gasteiger partial charge in [0.1, 0.15) is 5.04 Å². The fourth-order valence-electron chi connectivity index (χ4n) is 2.09. The Morgan fingerprint density at radius 2 is 1.79 bits per heavy atom. The molecule has 214 valence electrons. The third-order valence-corrected chi connectivity index (χ3v) is 7.10. The van der Waals surface area contributed by atoms with Gasteiger partial charge in [-0.1, -0.05) is 40.6 Å². The maximum absolute atomic E-state index is 12.0. The van der Waals surface area contributed by atoms with Crippen molar-refractivity contribution in [2.45, 2.75) is 45.4 Å². The van der Waals surface area contributed by atoms with E-state index >= 15 is 0 Å². The van der Waals surface area contributed by atoms with E-state index in [-0.39, 0.29) is 17.1 Å². The standard InChI is InChI=1S/C17H25N3O4S2.C7H14N2O2S/c1-5-23-16(21)11-12-20(13-15-9-7-6-8-10-15)26-19(3)17(22)24-18-14(2)25-4;1-7(2,12-4)5-9-11-6(10)8-3/h6-10H,5,11-13H2,1-4H3;5H,1-4H3,(H,8,10)/b18-14-;9-5+. The average molecular weight is 590 g/mol. The summed E-state index contributed by atoms with van der Waals surface area (Å²) in [6, 6.07) is 9.81. The van der Waals surface area contributed by atoms with E-state index < -0.39 is 12.2 Å². The van der Waals surface area contributed by atoms with E-state index in [0.717, 1.165) is 5.56 Å². The number of nitrogens with zero attached hydrogens (tertiary/aromatic N) is 4. The number of esters is 1. The van der Waals surface area contributed by atoms with Crippen molar-refractivity contribution in [3.63, 3.8) is 0 Å². The van der Waals surface area contributed by atoms with Crippen LogP contribution in [0.4, 0.5) is 9.59 Å². The highest BCUT2D eigenvalue weighted by Crippen LogP contribution is 2.20. The predicted molar refractivity (Wildman–Crippen MR) is 158 cm³/mol. The summed E-state index contributed by atoms with van der Waals surface area (Å²) in [5, 5.41) is 10.2. The fraction of sp³-hybridized carbons (Fsp3) is 0.542. The zero-order valence-electron chi connectivity index (χ0n) is 23.3. The Hall–Kier alpha value is -2.42. The first kappa shape index (κ1) is 35.6. The van der Waals surface area contributed by atoms with Crippen molar-refractivity contribution >= 4 is 65.1 Å². The van der Waals surface area contributed by atoms with Gasteiger partial charge in [-0.2, -0.15) is 11.8 Å². The minimum atomic E-state index is -0.586. The maximum atomic E-state index is 12.0. The van der Waals surface area contributed by atoms with Crippen molar-refractivity contribution in [3.8, 4) is 0 Å². The second-order valence-electron chi connectivity index (χ2n) is 7.83. The highest BCUT2D eigenvalue weighted by molar-refractivity contribution is 8.13. The molecule has 1 aromatic carbocycles. The van der Waals surface area contributed by atoms with Gasteiger partial charge < -0.3 is 10.1 Å². The largest absolute Gasteiger partial charge is 0.466 e. The van der Waals surface area contributed by atoms with Gasteiger partial charge in [0.2, 0.25) is 0 Å². The van der Waals surface area contributed by atoms with Crippen LogP contribution in [0.2, 0.25) is 0 Å². The van der Waals surface area contributed by atoms with E-state index in [9.17, 15) is 14.4 Å². The molecule has 0 aliphatic carbocycles. The Bertz CT molecular complexity index is 903. The number of oxime groups is 2. The summed E-state index contributed by atoms with van der Waals surface area (Å²) < 4.78 is 8.11. The number of rotatable bonds is 12. The SMILES string of the molecule is CCOC(=O)CCN(Cc1ccccc1)SN(C)C(=O)O/N=C(/C)SC.CNC(=O)O/N=C/C(C)(C)SC. The molecule has 1 N–H and O–H groups in total. The van der Waals surface area contributed by atoms with E-state index in [2.05, 4.69) is 20.5 Å². The molecule has 0 unspecified atom stereocenters. The van der Waals surface area contributed by atoms with Crippen LogP contribution in [-0.4, -0.2) is 82.5 Å². The normalized spacial score (nSPS) is 11.4. The van der Waals surface area contributed by atoms with Crippen LogP contribution in [0.5, 0.6) is 0 Å². The van der Waals surface area contributed by atoms with Crippen molar-refractivity contribution in [3.05, 3.63) is 35.9 Å². The van der Waals surface area contributed by atoms with Crippen LogP contribution in [0, 0.1) is 0 Å². The number of ether oxygens (including phenoxy) is 1. The second kappa shape index (κ2) is 20.5. The smallest absolute Gasteiger partial charge is 0.446 e. The van der Waals surface area contributed by atoms with Gasteiger partial charge in [-0.05, 0) is 45.8 Å². The lowest BCUT2D eigenvalue weighted by Crippen LogP contribution is -2.28. The van der Waals surface area contributed by atoms with Crippen molar-refractivity contribution in [1.29, 1.82) is 0 Å². The van der Waals surface area contributed by atoms with Crippen LogP contribution in [0.1, 0.15) is 39.7 Å². The molecule has 0 aliphatic heterocycles. The van der Waals surface area contributed by atoms with Crippen molar-refractivity contribution in [2.24, 2.45) is 10.3 Å². The second-order valence-corrected chi connectivity index (χ2v) is 11.5. The van der Waals surface area contributed by atoms with Gasteiger partial charge in [-0.15, -0.1) is 11.8 Å². The molecule has 14 heteroatoms. The summed E-state index contributed by atoms with van der Waals surface area (Å²) in [4.78, 5) is 43.5. The molecule has 0 bridgehead atoms. The summed E-state index contributed by atoms with van der Waals surface area (Å²) in [5.74, 6) is -0.267. The molecule has 2 amide bonds. The summed E-state index contributed by atoms with van der Waals surface area (Å²) in [6.07, 6.45) is 4.50. The van der Waals surface area contributed by atoms with Crippen LogP contribution in [0.3, 0.4) is 0 Å². The number of hydrogen-bond donors (Lipinski definition) is 1. The van der Waals surface area contributed by atoms with Crippen molar-refractivity contribution in [1.82, 2.24) is 13.9 Å². The minimum absolute atomic E-state index is 0.103. The number of nitrogens with one attached hydrogen (secondary N) is 1. The zero-order chi connectivity index (χ0) is 29.0. The van der Waals surface area contributed by atoms with Gasteiger partial charge in [0.25, 0.3) is 0 Å². The summed E-state index contributed by atoms with van der Waals surface area (Å²) in [7, 11) is 3.08. The van der Waals surface area contributed by atoms with Gasteiger partial charge in [0.15, 0.2) is 0 Å². The number of thioether (sulfide) groups is 2. The average Bonchev–Trinajstić information content (AvgIpc) is 2.90. The van der Waals surface area contributed by atoms with Gasteiger partial charge in [-0.25, -0.2) is 18.2 Å². The Labute approximate surface area is 238 Å². The molecule has 0 saturated carbocycles. The minimum Gasteiger partial charge on any atom is -0.466 e. The molecular weight excluding hydrogens is 550 g/mol. The van der Waals surface area contributed by atoms with Crippen LogP contribution >= 0.6 is 35.7 Å².